The van der Waals surface area contributed by atoms with Crippen molar-refractivity contribution in [1.82, 2.24) is 15.2 Å². The molecule has 0 fully saturated rings. The van der Waals surface area contributed by atoms with E-state index in [-0.39, 0.29) is 6.10 Å². The standard InChI is InChI=1S/C19H18N6O/c1-13(2)26-17-9-4-3-8-16(17)23-19-24-18(12-21-25-19)22-15-7-5-6-14(10-15)11-20/h3-10,12-13H,1-2H3,(H2,22,23,24,25). The van der Waals surface area contributed by atoms with Crippen LogP contribution in [0.25, 0.3) is 0 Å². The molecule has 0 saturated heterocycles. The van der Waals surface area contributed by atoms with Crippen molar-refractivity contribution in [2.45, 2.75) is 20.0 Å². The molecule has 3 aromatic rings. The van der Waals surface area contributed by atoms with Crippen LogP contribution in [0.2, 0.25) is 0 Å². The van der Waals surface area contributed by atoms with Gasteiger partial charge in [0.1, 0.15) is 5.75 Å². The van der Waals surface area contributed by atoms with Gasteiger partial charge in [0.25, 0.3) is 0 Å². The molecule has 130 valence electrons. The van der Waals surface area contributed by atoms with E-state index < -0.39 is 0 Å². The summed E-state index contributed by atoms with van der Waals surface area (Å²) in [7, 11) is 0. The van der Waals surface area contributed by atoms with Gasteiger partial charge in [0.05, 0.1) is 29.6 Å². The molecule has 0 saturated carbocycles. The molecule has 0 atom stereocenters. The summed E-state index contributed by atoms with van der Waals surface area (Å²) in [5, 5.41) is 23.2. The second-order valence-electron chi connectivity index (χ2n) is 5.77. The van der Waals surface area contributed by atoms with Gasteiger partial charge in [-0.3, -0.25) is 0 Å². The predicted octanol–water partition coefficient (Wildman–Crippen LogP) is 4.02. The number of aromatic nitrogens is 3. The molecule has 7 heteroatoms. The molecule has 0 aliphatic carbocycles. The van der Waals surface area contributed by atoms with Crippen molar-refractivity contribution in [3.05, 3.63) is 60.3 Å². The van der Waals surface area contributed by atoms with Gasteiger partial charge in [0.2, 0.25) is 5.95 Å². The third-order valence-electron chi connectivity index (χ3n) is 3.32. The molecule has 26 heavy (non-hydrogen) atoms. The first-order valence-corrected chi connectivity index (χ1v) is 8.13. The van der Waals surface area contributed by atoms with E-state index in [1.807, 2.05) is 44.2 Å². The summed E-state index contributed by atoms with van der Waals surface area (Å²) in [5.41, 5.74) is 2.07. The molecule has 0 amide bonds. The quantitative estimate of drug-likeness (QED) is 0.696. The van der Waals surface area contributed by atoms with E-state index in [1.54, 1.807) is 18.2 Å². The maximum Gasteiger partial charge on any atom is 0.249 e. The lowest BCUT2D eigenvalue weighted by Crippen LogP contribution is -2.08. The Hall–Kier alpha value is -3.66. The van der Waals surface area contributed by atoms with Gasteiger partial charge in [-0.2, -0.15) is 15.3 Å². The Balaban J connectivity index is 1.79. The van der Waals surface area contributed by atoms with Crippen LogP contribution in [0.15, 0.2) is 54.7 Å². The highest BCUT2D eigenvalue weighted by atomic mass is 16.5. The second kappa shape index (κ2) is 7.94. The summed E-state index contributed by atoms with van der Waals surface area (Å²) < 4.78 is 5.78. The van der Waals surface area contributed by atoms with Crippen molar-refractivity contribution >= 4 is 23.1 Å². The Labute approximate surface area is 151 Å². The third kappa shape index (κ3) is 4.45. The van der Waals surface area contributed by atoms with Crippen molar-refractivity contribution in [2.24, 2.45) is 0 Å². The first-order valence-electron chi connectivity index (χ1n) is 8.13. The van der Waals surface area contributed by atoms with Gasteiger partial charge >= 0.3 is 0 Å². The maximum atomic E-state index is 8.99. The third-order valence-corrected chi connectivity index (χ3v) is 3.32. The zero-order valence-electron chi connectivity index (χ0n) is 14.5. The Morgan fingerprint density at radius 3 is 2.73 bits per heavy atom. The Bertz CT molecular complexity index is 935. The highest BCUT2D eigenvalue weighted by molar-refractivity contribution is 5.64. The molecular weight excluding hydrogens is 328 g/mol. The van der Waals surface area contributed by atoms with Crippen LogP contribution >= 0.6 is 0 Å². The summed E-state index contributed by atoms with van der Waals surface area (Å²) in [6, 6.07) is 16.8. The van der Waals surface area contributed by atoms with Crippen LogP contribution < -0.4 is 15.4 Å². The van der Waals surface area contributed by atoms with Crippen LogP contribution in [-0.4, -0.2) is 21.3 Å². The van der Waals surface area contributed by atoms with Gasteiger partial charge in [-0.1, -0.05) is 18.2 Å². The summed E-state index contributed by atoms with van der Waals surface area (Å²) in [5.74, 6) is 1.57. The first-order chi connectivity index (χ1) is 12.6. The van der Waals surface area contributed by atoms with Gasteiger partial charge in [-0.15, -0.1) is 5.10 Å². The minimum absolute atomic E-state index is 0.0532. The van der Waals surface area contributed by atoms with Gasteiger partial charge < -0.3 is 15.4 Å². The molecule has 0 unspecified atom stereocenters. The monoisotopic (exact) mass is 346 g/mol. The minimum Gasteiger partial charge on any atom is -0.489 e. The van der Waals surface area contributed by atoms with E-state index in [0.29, 0.717) is 23.1 Å². The maximum absolute atomic E-state index is 8.99. The molecule has 0 spiro atoms. The Kier molecular flexibility index (Phi) is 5.25. The largest absolute Gasteiger partial charge is 0.489 e. The molecule has 3 rings (SSSR count). The molecule has 0 bridgehead atoms. The molecule has 0 aliphatic heterocycles. The number of benzene rings is 2. The molecule has 2 N–H and O–H groups in total. The SMILES string of the molecule is CC(C)Oc1ccccc1Nc1nncc(Nc2cccc(C#N)c2)n1. The summed E-state index contributed by atoms with van der Waals surface area (Å²) in [6.07, 6.45) is 1.57. The first kappa shape index (κ1) is 17.2. The minimum atomic E-state index is 0.0532. The van der Waals surface area contributed by atoms with Crippen molar-refractivity contribution in [3.63, 3.8) is 0 Å². The lowest BCUT2D eigenvalue weighted by molar-refractivity contribution is 0.244. The molecule has 1 heterocycles. The van der Waals surface area contributed by atoms with Crippen LogP contribution in [0, 0.1) is 11.3 Å². The predicted molar refractivity (Wildman–Crippen MR) is 99.8 cm³/mol. The molecular formula is C19H18N6O. The fraction of sp³-hybridized carbons (Fsp3) is 0.158. The lowest BCUT2D eigenvalue weighted by Gasteiger charge is -2.14. The van der Waals surface area contributed by atoms with Crippen LogP contribution in [0.5, 0.6) is 5.75 Å². The lowest BCUT2D eigenvalue weighted by atomic mass is 10.2. The fourth-order valence-corrected chi connectivity index (χ4v) is 2.28. The summed E-state index contributed by atoms with van der Waals surface area (Å²) in [4.78, 5) is 4.40. The van der Waals surface area contributed by atoms with E-state index in [0.717, 1.165) is 11.4 Å². The Morgan fingerprint density at radius 1 is 1.08 bits per heavy atom. The fourth-order valence-electron chi connectivity index (χ4n) is 2.28. The number of ether oxygens (including phenoxy) is 1. The van der Waals surface area contributed by atoms with E-state index in [4.69, 9.17) is 10.00 Å². The number of hydrogen-bond donors (Lipinski definition) is 2. The Morgan fingerprint density at radius 2 is 1.92 bits per heavy atom. The van der Waals surface area contributed by atoms with Gasteiger partial charge in [0.15, 0.2) is 5.82 Å². The van der Waals surface area contributed by atoms with Gasteiger partial charge in [-0.25, -0.2) is 0 Å². The number of para-hydroxylation sites is 2. The van der Waals surface area contributed by atoms with E-state index in [2.05, 4.69) is 31.9 Å². The van der Waals surface area contributed by atoms with E-state index >= 15 is 0 Å². The number of nitrogens with zero attached hydrogens (tertiary/aromatic N) is 4. The highest BCUT2D eigenvalue weighted by Crippen LogP contribution is 2.27. The van der Waals surface area contributed by atoms with Crippen molar-refractivity contribution in [3.8, 4) is 11.8 Å². The normalized spacial score (nSPS) is 10.2. The van der Waals surface area contributed by atoms with E-state index in [9.17, 15) is 0 Å². The van der Waals surface area contributed by atoms with Crippen LogP contribution in [0.1, 0.15) is 19.4 Å². The van der Waals surface area contributed by atoms with E-state index in [1.165, 1.54) is 6.20 Å². The van der Waals surface area contributed by atoms with Gasteiger partial charge in [-0.05, 0) is 44.2 Å². The van der Waals surface area contributed by atoms with Crippen molar-refractivity contribution < 1.29 is 4.74 Å². The second-order valence-corrected chi connectivity index (χ2v) is 5.77. The molecule has 0 aliphatic rings. The van der Waals surface area contributed by atoms with Crippen molar-refractivity contribution in [1.29, 1.82) is 5.26 Å². The smallest absolute Gasteiger partial charge is 0.249 e. The molecule has 7 nitrogen and oxygen atoms in total. The van der Waals surface area contributed by atoms with Crippen molar-refractivity contribution in [2.75, 3.05) is 10.6 Å². The topological polar surface area (TPSA) is 95.8 Å². The zero-order valence-corrected chi connectivity index (χ0v) is 14.5. The van der Waals surface area contributed by atoms with Crippen LogP contribution in [-0.2, 0) is 0 Å². The number of hydrogen-bond acceptors (Lipinski definition) is 7. The average molecular weight is 346 g/mol. The number of rotatable bonds is 6. The number of anilines is 4. The van der Waals surface area contributed by atoms with Crippen LogP contribution in [0.3, 0.4) is 0 Å². The summed E-state index contributed by atoms with van der Waals surface area (Å²) >= 11 is 0. The van der Waals surface area contributed by atoms with Gasteiger partial charge in [0, 0.05) is 5.69 Å². The number of nitrogens with one attached hydrogen (secondary N) is 2. The zero-order chi connectivity index (χ0) is 18.4. The summed E-state index contributed by atoms with van der Waals surface area (Å²) in [6.45, 7) is 3.93. The van der Waals surface area contributed by atoms with Crippen LogP contribution in [0.4, 0.5) is 23.1 Å². The molecule has 1 aromatic heterocycles. The number of nitriles is 1. The average Bonchev–Trinajstić information content (AvgIpc) is 2.63. The molecule has 2 aromatic carbocycles. The molecule has 0 radical (unpaired) electrons. The highest BCUT2D eigenvalue weighted by Gasteiger charge is 2.08.